The topological polar surface area (TPSA) is 58.2 Å². The van der Waals surface area contributed by atoms with E-state index in [9.17, 15) is 9.00 Å². The van der Waals surface area contributed by atoms with Crippen LogP contribution in [-0.2, 0) is 15.6 Å². The summed E-state index contributed by atoms with van der Waals surface area (Å²) in [5, 5.41) is 6.20. The van der Waals surface area contributed by atoms with Crippen molar-refractivity contribution in [3.05, 3.63) is 0 Å². The van der Waals surface area contributed by atoms with Crippen LogP contribution in [0.2, 0.25) is 0 Å². The molecule has 0 aromatic carbocycles. The standard InChI is InChI=1S/C11H22N2O2S/c1-4-11(6-5-7-13-11)10(14)12-8-9(2)16(3)15/h9,13H,4-8H2,1-3H3,(H,12,14). The van der Waals surface area contributed by atoms with Crippen molar-refractivity contribution in [2.75, 3.05) is 19.3 Å². The van der Waals surface area contributed by atoms with Gasteiger partial charge >= 0.3 is 0 Å². The number of amides is 1. The fourth-order valence-electron chi connectivity index (χ4n) is 1.99. The lowest BCUT2D eigenvalue weighted by atomic mass is 9.93. The second kappa shape index (κ2) is 5.77. The number of nitrogens with one attached hydrogen (secondary N) is 2. The van der Waals surface area contributed by atoms with Crippen molar-refractivity contribution in [3.8, 4) is 0 Å². The van der Waals surface area contributed by atoms with Gasteiger partial charge < -0.3 is 10.6 Å². The van der Waals surface area contributed by atoms with Gasteiger partial charge in [0.05, 0.1) is 5.54 Å². The smallest absolute Gasteiger partial charge is 0.240 e. The Morgan fingerprint density at radius 3 is 2.75 bits per heavy atom. The summed E-state index contributed by atoms with van der Waals surface area (Å²) in [4.78, 5) is 12.1. The van der Waals surface area contributed by atoms with Gasteiger partial charge in [-0.05, 0) is 32.7 Å². The maximum Gasteiger partial charge on any atom is 0.240 e. The summed E-state index contributed by atoms with van der Waals surface area (Å²) in [5.74, 6) is 0.0600. The minimum atomic E-state index is -0.879. The molecule has 1 amide bonds. The molecule has 3 unspecified atom stereocenters. The first-order chi connectivity index (χ1) is 7.52. The molecule has 1 aliphatic rings. The molecule has 0 spiro atoms. The van der Waals surface area contributed by atoms with Crippen molar-refractivity contribution in [2.24, 2.45) is 0 Å². The van der Waals surface area contributed by atoms with Crippen LogP contribution in [-0.4, -0.2) is 40.3 Å². The Morgan fingerprint density at radius 2 is 2.31 bits per heavy atom. The van der Waals surface area contributed by atoms with Crippen LogP contribution in [0, 0.1) is 0 Å². The second-order valence-corrected chi connectivity index (χ2v) is 6.29. The van der Waals surface area contributed by atoms with Gasteiger partial charge in [-0.25, -0.2) is 0 Å². The average molecular weight is 246 g/mol. The first-order valence-corrected chi connectivity index (χ1v) is 7.49. The number of carbonyl (C=O) groups is 1. The van der Waals surface area contributed by atoms with Crippen molar-refractivity contribution in [1.29, 1.82) is 0 Å². The molecular formula is C11H22N2O2S. The Labute approximate surface area is 100 Å². The van der Waals surface area contributed by atoms with Crippen LogP contribution < -0.4 is 10.6 Å². The molecule has 1 heterocycles. The van der Waals surface area contributed by atoms with Gasteiger partial charge in [0.2, 0.25) is 5.91 Å². The molecule has 1 rings (SSSR count). The van der Waals surface area contributed by atoms with Crippen molar-refractivity contribution in [1.82, 2.24) is 10.6 Å². The van der Waals surface area contributed by atoms with Crippen LogP contribution in [0.25, 0.3) is 0 Å². The van der Waals surface area contributed by atoms with E-state index in [1.54, 1.807) is 6.26 Å². The number of hydrogen-bond donors (Lipinski definition) is 2. The average Bonchev–Trinajstić information content (AvgIpc) is 2.74. The molecule has 0 aromatic heterocycles. The highest BCUT2D eigenvalue weighted by Gasteiger charge is 2.38. The zero-order chi connectivity index (χ0) is 12.2. The van der Waals surface area contributed by atoms with Crippen LogP contribution in [0.5, 0.6) is 0 Å². The fraction of sp³-hybridized carbons (Fsp3) is 0.909. The Hall–Kier alpha value is -0.420. The molecule has 2 N–H and O–H groups in total. The highest BCUT2D eigenvalue weighted by molar-refractivity contribution is 7.84. The SMILES string of the molecule is CCC1(C(=O)NCC(C)S(C)=O)CCCN1. The van der Waals surface area contributed by atoms with Crippen molar-refractivity contribution in [2.45, 2.75) is 43.9 Å². The van der Waals surface area contributed by atoms with Crippen molar-refractivity contribution >= 4 is 16.7 Å². The monoisotopic (exact) mass is 246 g/mol. The number of hydrogen-bond acceptors (Lipinski definition) is 3. The second-order valence-electron chi connectivity index (χ2n) is 4.49. The lowest BCUT2D eigenvalue weighted by Crippen LogP contribution is -2.54. The normalized spacial score (nSPS) is 28.7. The minimum Gasteiger partial charge on any atom is -0.353 e. The molecule has 0 aromatic rings. The van der Waals surface area contributed by atoms with Gasteiger partial charge in [-0.2, -0.15) is 0 Å². The molecule has 94 valence electrons. The van der Waals surface area contributed by atoms with Gasteiger partial charge in [0, 0.05) is 28.9 Å². The predicted molar refractivity (Wildman–Crippen MR) is 66.8 cm³/mol. The molecule has 1 saturated heterocycles. The molecule has 4 nitrogen and oxygen atoms in total. The molecule has 0 saturated carbocycles. The molecule has 1 fully saturated rings. The number of rotatable bonds is 5. The maximum atomic E-state index is 12.1. The van der Waals surface area contributed by atoms with Gasteiger partial charge in [-0.3, -0.25) is 9.00 Å². The van der Waals surface area contributed by atoms with E-state index in [2.05, 4.69) is 10.6 Å². The largest absolute Gasteiger partial charge is 0.353 e. The van der Waals surface area contributed by atoms with Crippen LogP contribution in [0.4, 0.5) is 0 Å². The van der Waals surface area contributed by atoms with E-state index in [4.69, 9.17) is 0 Å². The molecule has 0 bridgehead atoms. The van der Waals surface area contributed by atoms with Crippen molar-refractivity contribution in [3.63, 3.8) is 0 Å². The minimum absolute atomic E-state index is 0.0132. The van der Waals surface area contributed by atoms with E-state index in [0.29, 0.717) is 6.54 Å². The van der Waals surface area contributed by atoms with E-state index in [1.807, 2.05) is 13.8 Å². The zero-order valence-electron chi connectivity index (χ0n) is 10.3. The van der Waals surface area contributed by atoms with Gasteiger partial charge in [0.1, 0.15) is 0 Å². The van der Waals surface area contributed by atoms with Crippen LogP contribution in [0.3, 0.4) is 0 Å². The summed E-state index contributed by atoms with van der Waals surface area (Å²) in [6.45, 7) is 5.32. The first kappa shape index (κ1) is 13.6. The van der Waals surface area contributed by atoms with Gasteiger partial charge in [-0.1, -0.05) is 6.92 Å². The molecule has 3 atom stereocenters. The summed E-state index contributed by atoms with van der Waals surface area (Å²) in [5.41, 5.74) is -0.380. The van der Waals surface area contributed by atoms with Gasteiger partial charge in [0.25, 0.3) is 0 Å². The van der Waals surface area contributed by atoms with E-state index in [-0.39, 0.29) is 16.7 Å². The quantitative estimate of drug-likeness (QED) is 0.738. The Bertz CT molecular complexity index is 275. The Morgan fingerprint density at radius 1 is 1.62 bits per heavy atom. The van der Waals surface area contributed by atoms with Crippen LogP contribution in [0.15, 0.2) is 0 Å². The van der Waals surface area contributed by atoms with E-state index in [0.717, 1.165) is 25.8 Å². The third-order valence-electron chi connectivity index (χ3n) is 3.40. The van der Waals surface area contributed by atoms with E-state index >= 15 is 0 Å². The third-order valence-corrected chi connectivity index (χ3v) is 4.70. The molecule has 16 heavy (non-hydrogen) atoms. The zero-order valence-corrected chi connectivity index (χ0v) is 11.2. The van der Waals surface area contributed by atoms with Crippen molar-refractivity contribution < 1.29 is 9.00 Å². The summed E-state index contributed by atoms with van der Waals surface area (Å²) in [7, 11) is -0.879. The lowest BCUT2D eigenvalue weighted by molar-refractivity contribution is -0.127. The van der Waals surface area contributed by atoms with Gasteiger partial charge in [0.15, 0.2) is 0 Å². The van der Waals surface area contributed by atoms with Crippen LogP contribution in [0.1, 0.15) is 33.1 Å². The summed E-state index contributed by atoms with van der Waals surface area (Å²) < 4.78 is 11.2. The Kier molecular flexibility index (Phi) is 4.92. The summed E-state index contributed by atoms with van der Waals surface area (Å²) >= 11 is 0. The van der Waals surface area contributed by atoms with E-state index in [1.165, 1.54) is 0 Å². The highest BCUT2D eigenvalue weighted by Crippen LogP contribution is 2.22. The lowest BCUT2D eigenvalue weighted by Gasteiger charge is -2.27. The first-order valence-electron chi connectivity index (χ1n) is 5.87. The number of carbonyl (C=O) groups excluding carboxylic acids is 1. The van der Waals surface area contributed by atoms with Gasteiger partial charge in [-0.15, -0.1) is 0 Å². The predicted octanol–water partition coefficient (Wildman–Crippen LogP) is 0.402. The fourth-order valence-corrected chi connectivity index (χ4v) is 2.30. The molecule has 0 radical (unpaired) electrons. The molecule has 5 heteroatoms. The highest BCUT2D eigenvalue weighted by atomic mass is 32.2. The summed E-state index contributed by atoms with van der Waals surface area (Å²) in [6.07, 6.45) is 4.43. The maximum absolute atomic E-state index is 12.1. The molecule has 0 aliphatic carbocycles. The molecular weight excluding hydrogens is 224 g/mol. The summed E-state index contributed by atoms with van der Waals surface area (Å²) in [6, 6.07) is 0. The molecule has 1 aliphatic heterocycles. The third kappa shape index (κ3) is 3.04. The van der Waals surface area contributed by atoms with Crippen LogP contribution >= 0.6 is 0 Å². The Balaban J connectivity index is 2.48. The van der Waals surface area contributed by atoms with E-state index < -0.39 is 10.8 Å².